The van der Waals surface area contributed by atoms with Crippen molar-refractivity contribution in [1.82, 2.24) is 5.32 Å². The average molecular weight is 329 g/mol. The van der Waals surface area contributed by atoms with Gasteiger partial charge in [-0.2, -0.15) is 0 Å². The number of hydrogen-bond acceptors (Lipinski definition) is 2. The van der Waals surface area contributed by atoms with Crippen LogP contribution in [0.2, 0.25) is 0 Å². The van der Waals surface area contributed by atoms with Crippen molar-refractivity contribution in [3.8, 4) is 0 Å². The van der Waals surface area contributed by atoms with Crippen LogP contribution in [0.5, 0.6) is 0 Å². The SMILES string of the molecule is CCC1(CC)CN(c2cc(Br)ccc2F)C(C)CN1. The number of benzene rings is 1. The smallest absolute Gasteiger partial charge is 0.146 e. The topological polar surface area (TPSA) is 15.3 Å². The van der Waals surface area contributed by atoms with Crippen LogP contribution in [0.4, 0.5) is 10.1 Å². The molecule has 1 saturated heterocycles. The maximum atomic E-state index is 14.1. The number of rotatable bonds is 3. The molecule has 0 radical (unpaired) electrons. The summed E-state index contributed by atoms with van der Waals surface area (Å²) >= 11 is 3.44. The lowest BCUT2D eigenvalue weighted by Crippen LogP contribution is -2.63. The maximum absolute atomic E-state index is 14.1. The van der Waals surface area contributed by atoms with Crippen molar-refractivity contribution in [2.75, 3.05) is 18.0 Å². The summed E-state index contributed by atoms with van der Waals surface area (Å²) < 4.78 is 15.0. The minimum absolute atomic E-state index is 0.0985. The van der Waals surface area contributed by atoms with E-state index >= 15 is 0 Å². The Hall–Kier alpha value is -0.610. The predicted molar refractivity (Wildman–Crippen MR) is 82.2 cm³/mol. The first-order chi connectivity index (χ1) is 9.01. The molecule has 1 atom stereocenters. The molecule has 1 unspecified atom stereocenters. The molecule has 0 aliphatic carbocycles. The third-order valence-electron chi connectivity index (χ3n) is 4.35. The van der Waals surface area contributed by atoms with Gasteiger partial charge in [0.1, 0.15) is 5.82 Å². The highest BCUT2D eigenvalue weighted by Gasteiger charge is 2.35. The van der Waals surface area contributed by atoms with E-state index in [0.717, 1.165) is 30.4 Å². The van der Waals surface area contributed by atoms with E-state index in [1.165, 1.54) is 6.07 Å². The number of halogens is 2. The monoisotopic (exact) mass is 328 g/mol. The van der Waals surface area contributed by atoms with E-state index in [-0.39, 0.29) is 11.4 Å². The molecule has 1 aromatic rings. The van der Waals surface area contributed by atoms with E-state index in [0.29, 0.717) is 11.7 Å². The highest BCUT2D eigenvalue weighted by atomic mass is 79.9. The lowest BCUT2D eigenvalue weighted by atomic mass is 9.88. The number of piperazine rings is 1. The molecule has 0 spiro atoms. The fraction of sp³-hybridized carbons (Fsp3) is 0.600. The van der Waals surface area contributed by atoms with Crippen LogP contribution >= 0.6 is 15.9 Å². The minimum Gasteiger partial charge on any atom is -0.363 e. The molecule has 1 aromatic carbocycles. The average Bonchev–Trinajstić information content (AvgIpc) is 2.43. The van der Waals surface area contributed by atoms with E-state index in [9.17, 15) is 4.39 Å². The molecule has 0 saturated carbocycles. The summed E-state index contributed by atoms with van der Waals surface area (Å²) in [6.07, 6.45) is 2.12. The number of nitrogens with one attached hydrogen (secondary N) is 1. The van der Waals surface area contributed by atoms with E-state index in [1.54, 1.807) is 6.07 Å². The highest BCUT2D eigenvalue weighted by molar-refractivity contribution is 9.10. The third kappa shape index (κ3) is 2.95. The second kappa shape index (κ2) is 5.80. The van der Waals surface area contributed by atoms with Crippen LogP contribution in [-0.4, -0.2) is 24.7 Å². The summed E-state index contributed by atoms with van der Waals surface area (Å²) in [4.78, 5) is 2.20. The number of nitrogens with zero attached hydrogens (tertiary/aromatic N) is 1. The zero-order chi connectivity index (χ0) is 14.0. The lowest BCUT2D eigenvalue weighted by molar-refractivity contribution is 0.252. The van der Waals surface area contributed by atoms with Crippen molar-refractivity contribution in [3.05, 3.63) is 28.5 Å². The zero-order valence-electron chi connectivity index (χ0n) is 11.8. The summed E-state index contributed by atoms with van der Waals surface area (Å²) in [5.74, 6) is -0.141. The van der Waals surface area contributed by atoms with Crippen LogP contribution < -0.4 is 10.2 Å². The Morgan fingerprint density at radius 3 is 2.74 bits per heavy atom. The van der Waals surface area contributed by atoms with Gasteiger partial charge >= 0.3 is 0 Å². The molecule has 1 heterocycles. The minimum atomic E-state index is -0.141. The second-order valence-corrected chi connectivity index (χ2v) is 6.36. The Bertz CT molecular complexity index is 446. The second-order valence-electron chi connectivity index (χ2n) is 5.44. The predicted octanol–water partition coefficient (Wildman–Crippen LogP) is 3.95. The van der Waals surface area contributed by atoms with Crippen LogP contribution in [0.1, 0.15) is 33.6 Å². The van der Waals surface area contributed by atoms with Crippen molar-refractivity contribution in [1.29, 1.82) is 0 Å². The van der Waals surface area contributed by atoms with Gasteiger partial charge in [0.2, 0.25) is 0 Å². The van der Waals surface area contributed by atoms with Crippen molar-refractivity contribution < 1.29 is 4.39 Å². The van der Waals surface area contributed by atoms with Gasteiger partial charge in [0.25, 0.3) is 0 Å². The van der Waals surface area contributed by atoms with Crippen molar-refractivity contribution >= 4 is 21.6 Å². The van der Waals surface area contributed by atoms with Gasteiger partial charge in [-0.3, -0.25) is 0 Å². The summed E-state index contributed by atoms with van der Waals surface area (Å²) in [7, 11) is 0. The van der Waals surface area contributed by atoms with Gasteiger partial charge in [-0.25, -0.2) is 4.39 Å². The van der Waals surface area contributed by atoms with Crippen LogP contribution in [0.3, 0.4) is 0 Å². The highest BCUT2D eigenvalue weighted by Crippen LogP contribution is 2.31. The molecule has 0 amide bonds. The van der Waals surface area contributed by atoms with E-state index in [4.69, 9.17) is 0 Å². The van der Waals surface area contributed by atoms with Gasteiger partial charge in [0, 0.05) is 29.1 Å². The quantitative estimate of drug-likeness (QED) is 0.903. The van der Waals surface area contributed by atoms with Crippen molar-refractivity contribution in [3.63, 3.8) is 0 Å². The third-order valence-corrected chi connectivity index (χ3v) is 4.84. The van der Waals surface area contributed by atoms with Gasteiger partial charge in [-0.15, -0.1) is 0 Å². The fourth-order valence-electron chi connectivity index (χ4n) is 2.76. The van der Waals surface area contributed by atoms with Crippen LogP contribution in [0.25, 0.3) is 0 Å². The van der Waals surface area contributed by atoms with Gasteiger partial charge in [0.05, 0.1) is 5.69 Å². The van der Waals surface area contributed by atoms with Crippen LogP contribution in [0, 0.1) is 5.82 Å². The lowest BCUT2D eigenvalue weighted by Gasteiger charge is -2.47. The summed E-state index contributed by atoms with van der Waals surface area (Å²) in [5.41, 5.74) is 0.802. The molecule has 0 bridgehead atoms. The maximum Gasteiger partial charge on any atom is 0.146 e. The molecule has 2 rings (SSSR count). The fourth-order valence-corrected chi connectivity index (χ4v) is 3.11. The Kier molecular flexibility index (Phi) is 4.51. The van der Waals surface area contributed by atoms with Crippen LogP contribution in [-0.2, 0) is 0 Å². The first-order valence-electron chi connectivity index (χ1n) is 6.98. The Morgan fingerprint density at radius 1 is 1.42 bits per heavy atom. The molecule has 0 aromatic heterocycles. The summed E-state index contributed by atoms with van der Waals surface area (Å²) in [6, 6.07) is 5.47. The molecule has 4 heteroatoms. The zero-order valence-corrected chi connectivity index (χ0v) is 13.4. The van der Waals surface area contributed by atoms with E-state index < -0.39 is 0 Å². The number of anilines is 1. The summed E-state index contributed by atoms with van der Waals surface area (Å²) in [5, 5.41) is 3.64. The van der Waals surface area contributed by atoms with Crippen molar-refractivity contribution in [2.24, 2.45) is 0 Å². The Morgan fingerprint density at radius 2 is 2.11 bits per heavy atom. The molecular formula is C15H22BrFN2. The molecule has 2 nitrogen and oxygen atoms in total. The molecule has 1 N–H and O–H groups in total. The Balaban J connectivity index is 2.33. The van der Waals surface area contributed by atoms with Gasteiger partial charge in [0.15, 0.2) is 0 Å². The van der Waals surface area contributed by atoms with Gasteiger partial charge < -0.3 is 10.2 Å². The molecule has 1 aliphatic heterocycles. The van der Waals surface area contributed by atoms with E-state index in [2.05, 4.69) is 46.9 Å². The van der Waals surface area contributed by atoms with Gasteiger partial charge in [-0.1, -0.05) is 29.8 Å². The normalized spacial score (nSPS) is 22.6. The largest absolute Gasteiger partial charge is 0.363 e. The molecule has 1 aliphatic rings. The standard InChI is InChI=1S/C15H22BrFN2/c1-4-15(5-2)10-19(11(3)9-18-15)14-8-12(16)6-7-13(14)17/h6-8,11,18H,4-5,9-10H2,1-3H3. The molecule has 1 fully saturated rings. The molecule has 106 valence electrons. The Labute approximate surface area is 123 Å². The summed E-state index contributed by atoms with van der Waals surface area (Å²) in [6.45, 7) is 8.29. The molecule has 19 heavy (non-hydrogen) atoms. The number of hydrogen-bond donors (Lipinski definition) is 1. The van der Waals surface area contributed by atoms with E-state index in [1.807, 2.05) is 6.07 Å². The molecular weight excluding hydrogens is 307 g/mol. The van der Waals surface area contributed by atoms with Gasteiger partial charge in [-0.05, 0) is 38.0 Å². The van der Waals surface area contributed by atoms with Crippen LogP contribution in [0.15, 0.2) is 22.7 Å². The van der Waals surface area contributed by atoms with Crippen molar-refractivity contribution in [2.45, 2.75) is 45.2 Å². The first-order valence-corrected chi connectivity index (χ1v) is 7.77. The first kappa shape index (κ1) is 14.8.